The van der Waals surface area contributed by atoms with Crippen molar-refractivity contribution in [1.29, 1.82) is 0 Å². The maximum atomic E-state index is 13.5. The molecule has 1 aliphatic carbocycles. The summed E-state index contributed by atoms with van der Waals surface area (Å²) in [4.78, 5) is 48.7. The van der Waals surface area contributed by atoms with Crippen LogP contribution in [0.15, 0.2) is 0 Å². The van der Waals surface area contributed by atoms with E-state index in [-0.39, 0.29) is 19.3 Å². The maximum Gasteiger partial charge on any atom is 0.472 e. The molecule has 18 nitrogen and oxygen atoms in total. The first-order valence-corrected chi connectivity index (χ1v) is 27.7. The van der Waals surface area contributed by atoms with Crippen molar-refractivity contribution in [3.63, 3.8) is 0 Å². The quantitative estimate of drug-likeness (QED) is 0.0180. The monoisotopic (exact) mass is 998 g/mol. The molecular formula is C49H92NO17P. The zero-order valence-corrected chi connectivity index (χ0v) is 42.5. The Balaban J connectivity index is 1.99. The van der Waals surface area contributed by atoms with Gasteiger partial charge in [-0.25, -0.2) is 4.57 Å². The topological polar surface area (TPSA) is 277 Å². The Morgan fingerprint density at radius 1 is 0.618 bits per heavy atom. The maximum absolute atomic E-state index is 13.5. The van der Waals surface area contributed by atoms with Gasteiger partial charge < -0.3 is 59.8 Å². The Morgan fingerprint density at radius 3 is 1.49 bits per heavy atom. The lowest BCUT2D eigenvalue weighted by molar-refractivity contribution is -0.304. The van der Waals surface area contributed by atoms with E-state index in [4.69, 9.17) is 28.0 Å². The molecular weight excluding hydrogens is 906 g/mol. The molecule has 0 aromatic heterocycles. The first-order valence-electron chi connectivity index (χ1n) is 26.2. The number of esters is 2. The number of amides is 1. The molecule has 1 saturated heterocycles. The number of hydrogen-bond acceptors (Lipinski definition) is 16. The van der Waals surface area contributed by atoms with Crippen LogP contribution in [-0.2, 0) is 46.9 Å². The fourth-order valence-corrected chi connectivity index (χ4v) is 9.70. The smallest absolute Gasteiger partial charge is 0.462 e. The van der Waals surface area contributed by atoms with Crippen LogP contribution in [0.3, 0.4) is 0 Å². The van der Waals surface area contributed by atoms with Crippen LogP contribution in [0.4, 0.5) is 0 Å². The second-order valence-electron chi connectivity index (χ2n) is 19.0. The van der Waals surface area contributed by atoms with Crippen LogP contribution in [0.25, 0.3) is 0 Å². The summed E-state index contributed by atoms with van der Waals surface area (Å²) in [6.07, 6.45) is 11.7. The number of unbranched alkanes of at least 4 members (excludes halogenated alkanes) is 24. The number of carbonyl (C=O) groups is 3. The first-order chi connectivity index (χ1) is 32.6. The largest absolute Gasteiger partial charge is 0.472 e. The number of aliphatic hydroxyl groups is 6. The molecule has 0 radical (unpaired) electrons. The zero-order chi connectivity index (χ0) is 50.2. The van der Waals surface area contributed by atoms with Crippen molar-refractivity contribution in [2.24, 2.45) is 0 Å². The second-order valence-corrected chi connectivity index (χ2v) is 20.4. The Kier molecular flexibility index (Phi) is 33.9. The van der Waals surface area contributed by atoms with Crippen molar-refractivity contribution in [2.75, 3.05) is 19.8 Å². The Morgan fingerprint density at radius 2 is 1.04 bits per heavy atom. The van der Waals surface area contributed by atoms with Gasteiger partial charge in [-0.1, -0.05) is 168 Å². The Bertz CT molecular complexity index is 1380. The minimum Gasteiger partial charge on any atom is -0.462 e. The van der Waals surface area contributed by atoms with Gasteiger partial charge in [0.15, 0.2) is 12.4 Å². The Labute approximate surface area is 406 Å². The normalized spacial score (nSPS) is 26.5. The van der Waals surface area contributed by atoms with Crippen LogP contribution < -0.4 is 5.32 Å². The molecule has 1 unspecified atom stereocenters. The highest BCUT2D eigenvalue weighted by Crippen LogP contribution is 2.48. The standard InChI is InChI=1S/C49H92NO17P/c1-4-6-8-10-12-14-16-18-20-22-24-26-28-30-41(54)62-34-37(64-42(55)31-29-27-25-23-21-19-17-15-13-11-9-7-5-2)35-63-68(60,61)67-48-46(59)44(57)43(56)45(58)47(48)66-49-38(50-36(3)52)32-39(53)40(33-51)65-49/h37-40,43-49,51,53,56-59H,4-35H2,1-3H3,(H,50,52)(H,60,61)/t37-,38-,39+,40-,43-,44-,45+,46-,47-,48-,49-/m1/s1. The summed E-state index contributed by atoms with van der Waals surface area (Å²) in [5, 5.41) is 65.7. The number of ether oxygens (including phenoxy) is 4. The molecule has 0 aromatic carbocycles. The fraction of sp³-hybridized carbons (Fsp3) is 0.939. The SMILES string of the molecule is CCCCCCCCCCCCCCCC(=O)OC[C@H](COP(=O)(O)O[C@@H]1[C@H](O)[C@H](O)[C@@H](O)[C@H](O)[C@H]1O[C@H]1O[C@H](CO)[C@@H](O)C[C@H]1NC(C)=O)OC(=O)CCCCCCCCCCCCCCC. The molecule has 400 valence electrons. The number of hydrogen-bond donors (Lipinski definition) is 8. The molecule has 0 aromatic rings. The number of rotatable bonds is 40. The predicted molar refractivity (Wildman–Crippen MR) is 255 cm³/mol. The van der Waals surface area contributed by atoms with E-state index in [9.17, 15) is 54.5 Å². The van der Waals surface area contributed by atoms with Crippen LogP contribution in [0.2, 0.25) is 0 Å². The third kappa shape index (κ3) is 26.6. The number of phosphoric acid groups is 1. The number of carbonyl (C=O) groups excluding carboxylic acids is 3. The summed E-state index contributed by atoms with van der Waals surface area (Å²) >= 11 is 0. The van der Waals surface area contributed by atoms with E-state index in [2.05, 4.69) is 19.2 Å². The van der Waals surface area contributed by atoms with Gasteiger partial charge in [0.2, 0.25) is 5.91 Å². The van der Waals surface area contributed by atoms with Gasteiger partial charge in [0, 0.05) is 26.2 Å². The van der Waals surface area contributed by atoms with Crippen molar-refractivity contribution in [3.05, 3.63) is 0 Å². The molecule has 1 saturated carbocycles. The molecule has 8 N–H and O–H groups in total. The highest BCUT2D eigenvalue weighted by molar-refractivity contribution is 7.47. The molecule has 19 heteroatoms. The first kappa shape index (κ1) is 62.3. The van der Waals surface area contributed by atoms with E-state index in [0.717, 1.165) is 51.4 Å². The van der Waals surface area contributed by atoms with Crippen LogP contribution in [0, 0.1) is 0 Å². The minimum atomic E-state index is -5.33. The van der Waals surface area contributed by atoms with Gasteiger partial charge in [-0.15, -0.1) is 0 Å². The third-order valence-electron chi connectivity index (χ3n) is 12.8. The summed E-state index contributed by atoms with van der Waals surface area (Å²) in [6, 6.07) is -1.10. The van der Waals surface area contributed by atoms with Gasteiger partial charge in [-0.2, -0.15) is 0 Å². The van der Waals surface area contributed by atoms with Gasteiger partial charge in [-0.3, -0.25) is 23.4 Å². The fourth-order valence-electron chi connectivity index (χ4n) is 8.73. The molecule has 1 heterocycles. The molecule has 1 aliphatic heterocycles. The summed E-state index contributed by atoms with van der Waals surface area (Å²) in [5.41, 5.74) is 0. The average molecular weight is 998 g/mol. The lowest BCUT2D eigenvalue weighted by atomic mass is 9.84. The molecule has 1 amide bonds. The van der Waals surface area contributed by atoms with Gasteiger partial charge in [0.05, 0.1) is 25.4 Å². The molecule has 2 aliphatic rings. The van der Waals surface area contributed by atoms with E-state index in [0.29, 0.717) is 12.8 Å². The van der Waals surface area contributed by atoms with Gasteiger partial charge in [-0.05, 0) is 12.8 Å². The summed E-state index contributed by atoms with van der Waals surface area (Å²) in [5.74, 6) is -1.74. The molecule has 68 heavy (non-hydrogen) atoms. The lowest BCUT2D eigenvalue weighted by Gasteiger charge is -2.47. The molecule has 0 spiro atoms. The Hall–Kier alpha value is -1.80. The van der Waals surface area contributed by atoms with Crippen molar-refractivity contribution < 1.29 is 82.5 Å². The molecule has 2 fully saturated rings. The van der Waals surface area contributed by atoms with Crippen LogP contribution in [0.5, 0.6) is 0 Å². The van der Waals surface area contributed by atoms with Gasteiger partial charge in [0.1, 0.15) is 49.3 Å². The third-order valence-corrected chi connectivity index (χ3v) is 13.8. The van der Waals surface area contributed by atoms with E-state index in [1.165, 1.54) is 110 Å². The van der Waals surface area contributed by atoms with Crippen LogP contribution in [0.1, 0.15) is 207 Å². The second kappa shape index (κ2) is 37.0. The summed E-state index contributed by atoms with van der Waals surface area (Å²) < 4.78 is 46.5. The molecule has 2 rings (SSSR count). The highest BCUT2D eigenvalue weighted by Gasteiger charge is 2.54. The summed E-state index contributed by atoms with van der Waals surface area (Å²) in [7, 11) is -5.33. The van der Waals surface area contributed by atoms with Crippen molar-refractivity contribution in [1.82, 2.24) is 5.32 Å². The minimum absolute atomic E-state index is 0.0523. The zero-order valence-electron chi connectivity index (χ0n) is 41.6. The van der Waals surface area contributed by atoms with Crippen molar-refractivity contribution >= 4 is 25.7 Å². The van der Waals surface area contributed by atoms with E-state index < -0.39 is 113 Å². The number of aliphatic hydroxyl groups excluding tert-OH is 6. The number of phosphoric ester groups is 1. The van der Waals surface area contributed by atoms with E-state index in [1.54, 1.807) is 0 Å². The highest BCUT2D eigenvalue weighted by atomic mass is 31.2. The predicted octanol–water partition coefficient (Wildman–Crippen LogP) is 6.72. The average Bonchev–Trinajstić information content (AvgIpc) is 3.30. The molecule has 0 bridgehead atoms. The van der Waals surface area contributed by atoms with Crippen LogP contribution >= 0.6 is 7.82 Å². The van der Waals surface area contributed by atoms with Gasteiger partial charge in [0.25, 0.3) is 0 Å². The van der Waals surface area contributed by atoms with Crippen molar-refractivity contribution in [2.45, 2.75) is 274 Å². The molecule has 12 atom stereocenters. The van der Waals surface area contributed by atoms with E-state index >= 15 is 0 Å². The number of nitrogens with one attached hydrogen (secondary N) is 1. The van der Waals surface area contributed by atoms with Crippen LogP contribution in [-0.4, -0.2) is 140 Å². The lowest BCUT2D eigenvalue weighted by Crippen LogP contribution is -2.67. The van der Waals surface area contributed by atoms with E-state index in [1.807, 2.05) is 0 Å². The summed E-state index contributed by atoms with van der Waals surface area (Å²) in [6.45, 7) is 3.64. The van der Waals surface area contributed by atoms with Crippen molar-refractivity contribution in [3.8, 4) is 0 Å². The van der Waals surface area contributed by atoms with Gasteiger partial charge >= 0.3 is 19.8 Å².